The zero-order chi connectivity index (χ0) is 15.9. The van der Waals surface area contributed by atoms with Gasteiger partial charge in [-0.25, -0.2) is 0 Å². The van der Waals surface area contributed by atoms with Gasteiger partial charge < -0.3 is 5.32 Å². The van der Waals surface area contributed by atoms with Crippen molar-refractivity contribution in [1.82, 2.24) is 9.78 Å². The molecule has 0 radical (unpaired) electrons. The van der Waals surface area contributed by atoms with Crippen LogP contribution in [-0.4, -0.2) is 9.78 Å². The van der Waals surface area contributed by atoms with Crippen LogP contribution >= 0.6 is 11.6 Å². The molecule has 0 spiro atoms. The van der Waals surface area contributed by atoms with Gasteiger partial charge in [0.1, 0.15) is 23.9 Å². The fraction of sp³-hybridized carbons (Fsp3) is 0.0667. The molecule has 0 aliphatic carbocycles. The molecule has 1 aromatic carbocycles. The third-order valence-electron chi connectivity index (χ3n) is 2.75. The molecule has 1 heterocycles. The molecule has 0 aliphatic heterocycles. The minimum absolute atomic E-state index is 0.0726. The lowest BCUT2D eigenvalue weighted by atomic mass is 10.2. The summed E-state index contributed by atoms with van der Waals surface area (Å²) in [5, 5.41) is 33.9. The fourth-order valence-corrected chi connectivity index (χ4v) is 1.89. The number of hydrogen-bond acceptors (Lipinski definition) is 5. The SMILES string of the molecule is N#CC(C#N)=C(C#N)Nc1ccc(Cn2cc(Cl)cn2)cc1. The Labute approximate surface area is 132 Å². The lowest BCUT2D eigenvalue weighted by Crippen LogP contribution is -2.02. The first-order valence-electron chi connectivity index (χ1n) is 6.14. The van der Waals surface area contributed by atoms with Gasteiger partial charge in [0.2, 0.25) is 0 Å². The van der Waals surface area contributed by atoms with Crippen molar-refractivity contribution in [2.24, 2.45) is 0 Å². The largest absolute Gasteiger partial charge is 0.345 e. The summed E-state index contributed by atoms with van der Waals surface area (Å²) in [6, 6.07) is 12.4. The van der Waals surface area contributed by atoms with Crippen molar-refractivity contribution >= 4 is 17.3 Å². The number of aromatic nitrogens is 2. The standard InChI is InChI=1S/C15H9ClN6/c16-13-8-20-22(10-13)9-11-1-3-14(4-2-11)21-15(7-19)12(5-17)6-18/h1-4,8,10,21H,9H2. The van der Waals surface area contributed by atoms with Crippen LogP contribution in [0.4, 0.5) is 5.69 Å². The number of rotatable bonds is 4. The molecule has 22 heavy (non-hydrogen) atoms. The first kappa shape index (κ1) is 15.1. The van der Waals surface area contributed by atoms with Gasteiger partial charge >= 0.3 is 0 Å². The van der Waals surface area contributed by atoms with Gasteiger partial charge in [-0.3, -0.25) is 4.68 Å². The first-order valence-corrected chi connectivity index (χ1v) is 6.52. The van der Waals surface area contributed by atoms with Crippen molar-refractivity contribution in [3.63, 3.8) is 0 Å². The van der Waals surface area contributed by atoms with Gasteiger partial charge in [0.15, 0.2) is 5.57 Å². The number of hydrogen-bond donors (Lipinski definition) is 1. The summed E-state index contributed by atoms with van der Waals surface area (Å²) in [7, 11) is 0. The molecule has 106 valence electrons. The maximum Gasteiger partial charge on any atom is 0.163 e. The highest BCUT2D eigenvalue weighted by Gasteiger charge is 2.06. The topological polar surface area (TPSA) is 101 Å². The van der Waals surface area contributed by atoms with E-state index < -0.39 is 0 Å². The second kappa shape index (κ2) is 6.95. The van der Waals surface area contributed by atoms with Crippen LogP contribution in [0.2, 0.25) is 5.02 Å². The van der Waals surface area contributed by atoms with Crippen LogP contribution in [0.15, 0.2) is 47.9 Å². The summed E-state index contributed by atoms with van der Waals surface area (Å²) >= 11 is 5.80. The predicted octanol–water partition coefficient (Wildman–Crippen LogP) is 2.82. The molecule has 0 atom stereocenters. The summed E-state index contributed by atoms with van der Waals surface area (Å²) in [6.45, 7) is 0.565. The Morgan fingerprint density at radius 3 is 2.32 bits per heavy atom. The van der Waals surface area contributed by atoms with Gasteiger partial charge in [0.05, 0.1) is 17.8 Å². The summed E-state index contributed by atoms with van der Waals surface area (Å²) in [5.41, 5.74) is 1.28. The highest BCUT2D eigenvalue weighted by Crippen LogP contribution is 2.15. The van der Waals surface area contributed by atoms with E-state index in [2.05, 4.69) is 10.4 Å². The lowest BCUT2D eigenvalue weighted by molar-refractivity contribution is 0.687. The molecule has 0 saturated heterocycles. The van der Waals surface area contributed by atoms with E-state index in [0.717, 1.165) is 5.56 Å². The molecule has 0 bridgehead atoms. The maximum atomic E-state index is 8.98. The average molecular weight is 309 g/mol. The van der Waals surface area contributed by atoms with Gasteiger partial charge in [-0.15, -0.1) is 0 Å². The number of nitriles is 3. The number of anilines is 1. The second-order valence-corrected chi connectivity index (χ2v) is 4.70. The molecule has 0 aliphatic rings. The molecular weight excluding hydrogens is 300 g/mol. The highest BCUT2D eigenvalue weighted by atomic mass is 35.5. The summed E-state index contributed by atoms with van der Waals surface area (Å²) in [6.07, 6.45) is 3.28. The van der Waals surface area contributed by atoms with E-state index in [9.17, 15) is 0 Å². The zero-order valence-corrected chi connectivity index (χ0v) is 12.0. The van der Waals surface area contributed by atoms with E-state index in [1.165, 1.54) is 0 Å². The fourth-order valence-electron chi connectivity index (χ4n) is 1.73. The van der Waals surface area contributed by atoms with E-state index in [4.69, 9.17) is 27.4 Å². The van der Waals surface area contributed by atoms with Gasteiger partial charge in [-0.05, 0) is 17.7 Å². The Balaban J connectivity index is 2.13. The molecule has 0 fully saturated rings. The van der Waals surface area contributed by atoms with E-state index in [1.807, 2.05) is 12.1 Å². The number of benzene rings is 1. The molecule has 0 amide bonds. The van der Waals surface area contributed by atoms with Crippen molar-refractivity contribution in [2.75, 3.05) is 5.32 Å². The number of nitrogens with zero attached hydrogens (tertiary/aromatic N) is 5. The average Bonchev–Trinajstić information content (AvgIpc) is 2.94. The molecular formula is C15H9ClN6. The molecule has 6 nitrogen and oxygen atoms in total. The van der Waals surface area contributed by atoms with Crippen LogP contribution in [0.1, 0.15) is 5.56 Å². The molecule has 1 N–H and O–H groups in total. The second-order valence-electron chi connectivity index (χ2n) is 4.26. The molecule has 7 heteroatoms. The first-order chi connectivity index (χ1) is 10.7. The third kappa shape index (κ3) is 3.64. The van der Waals surface area contributed by atoms with E-state index in [1.54, 1.807) is 47.4 Å². The maximum absolute atomic E-state index is 8.98. The normalized spacial score (nSPS) is 9.18. The third-order valence-corrected chi connectivity index (χ3v) is 2.95. The van der Waals surface area contributed by atoms with Gasteiger partial charge in [-0.2, -0.15) is 20.9 Å². The minimum atomic E-state index is -0.252. The Bertz CT molecular complexity index is 811. The van der Waals surface area contributed by atoms with Gasteiger partial charge in [0, 0.05) is 11.9 Å². The van der Waals surface area contributed by atoms with Crippen molar-refractivity contribution in [2.45, 2.75) is 6.54 Å². The van der Waals surface area contributed by atoms with Crippen molar-refractivity contribution in [3.05, 3.63) is 58.5 Å². The van der Waals surface area contributed by atoms with Gasteiger partial charge in [0.25, 0.3) is 0 Å². The van der Waals surface area contributed by atoms with Crippen LogP contribution in [0.5, 0.6) is 0 Å². The van der Waals surface area contributed by atoms with Crippen molar-refractivity contribution < 1.29 is 0 Å². The van der Waals surface area contributed by atoms with Crippen LogP contribution in [0.3, 0.4) is 0 Å². The van der Waals surface area contributed by atoms with E-state index in [0.29, 0.717) is 17.3 Å². The highest BCUT2D eigenvalue weighted by molar-refractivity contribution is 6.30. The van der Waals surface area contributed by atoms with Crippen molar-refractivity contribution in [1.29, 1.82) is 15.8 Å². The molecule has 2 aromatic rings. The Morgan fingerprint density at radius 1 is 1.14 bits per heavy atom. The summed E-state index contributed by atoms with van der Waals surface area (Å²) in [4.78, 5) is 0. The van der Waals surface area contributed by atoms with Crippen molar-refractivity contribution in [3.8, 4) is 18.2 Å². The number of allylic oxidation sites excluding steroid dienone is 2. The van der Waals surface area contributed by atoms with E-state index >= 15 is 0 Å². The molecule has 1 aromatic heterocycles. The lowest BCUT2D eigenvalue weighted by Gasteiger charge is -2.06. The molecule has 0 saturated carbocycles. The monoisotopic (exact) mass is 308 g/mol. The number of nitrogens with one attached hydrogen (secondary N) is 1. The van der Waals surface area contributed by atoms with Gasteiger partial charge in [-0.1, -0.05) is 23.7 Å². The van der Waals surface area contributed by atoms with E-state index in [-0.39, 0.29) is 11.3 Å². The number of halogens is 1. The van der Waals surface area contributed by atoms with Crippen LogP contribution in [-0.2, 0) is 6.54 Å². The predicted molar refractivity (Wildman–Crippen MR) is 80.3 cm³/mol. The van der Waals surface area contributed by atoms with Crippen LogP contribution in [0, 0.1) is 34.0 Å². The quantitative estimate of drug-likeness (QED) is 0.875. The van der Waals surface area contributed by atoms with Crippen LogP contribution in [0.25, 0.3) is 0 Å². The Hall–Kier alpha value is -3.27. The Kier molecular flexibility index (Phi) is 4.78. The molecule has 0 unspecified atom stereocenters. The Morgan fingerprint density at radius 2 is 1.82 bits per heavy atom. The molecule has 2 rings (SSSR count). The summed E-state index contributed by atoms with van der Waals surface area (Å²) in [5.74, 6) is 0. The smallest absolute Gasteiger partial charge is 0.163 e. The summed E-state index contributed by atoms with van der Waals surface area (Å²) < 4.78 is 1.70. The van der Waals surface area contributed by atoms with Crippen LogP contribution < -0.4 is 5.32 Å². The zero-order valence-electron chi connectivity index (χ0n) is 11.3. The minimum Gasteiger partial charge on any atom is -0.345 e.